The number of fused-ring (bicyclic) bond motifs is 7. The molecule has 0 aromatic rings. The van der Waals surface area contributed by atoms with Crippen molar-refractivity contribution in [2.24, 2.45) is 58.2 Å². The van der Waals surface area contributed by atoms with Gasteiger partial charge in [0.2, 0.25) is 0 Å². The Morgan fingerprint density at radius 2 is 1.57 bits per heavy atom. The lowest BCUT2D eigenvalue weighted by Crippen LogP contribution is -2.52. The Balaban J connectivity index is 1.56. The van der Waals surface area contributed by atoms with Crippen LogP contribution in [0.2, 0.25) is 0 Å². The molecule has 0 spiro atoms. The van der Waals surface area contributed by atoms with Gasteiger partial charge in [-0.3, -0.25) is 14.4 Å². The number of ether oxygens (including phenoxy) is 3. The molecule has 0 aromatic carbocycles. The molecular formula is C31H46O6. The molecule has 0 saturated heterocycles. The first-order chi connectivity index (χ1) is 17.7. The molecule has 4 saturated carbocycles. The van der Waals surface area contributed by atoms with Gasteiger partial charge in [0.05, 0.1) is 38.1 Å². The Kier molecular flexibility index (Phi) is 7.25. The first kappa shape index (κ1) is 26.7. The summed E-state index contributed by atoms with van der Waals surface area (Å²) >= 11 is 0. The number of methoxy groups -OCH3 is 1. The fourth-order valence-corrected chi connectivity index (χ4v) is 10.1. The number of allylic oxidation sites excluding steroid dienone is 1. The largest absolute Gasteiger partial charge is 0.469 e. The Hall–Kier alpha value is -1.85. The highest BCUT2D eigenvalue weighted by Gasteiger charge is 2.64. The molecule has 10 atom stereocenters. The van der Waals surface area contributed by atoms with Crippen molar-refractivity contribution in [2.45, 2.75) is 85.5 Å². The van der Waals surface area contributed by atoms with Crippen molar-refractivity contribution in [2.75, 3.05) is 20.3 Å². The number of esters is 3. The molecule has 0 bridgehead atoms. The monoisotopic (exact) mass is 514 g/mol. The van der Waals surface area contributed by atoms with Crippen LogP contribution in [0.15, 0.2) is 11.6 Å². The van der Waals surface area contributed by atoms with E-state index in [2.05, 4.69) is 13.8 Å². The topological polar surface area (TPSA) is 78.9 Å². The number of rotatable bonds is 5. The molecule has 0 aromatic heterocycles. The summed E-state index contributed by atoms with van der Waals surface area (Å²) in [5.41, 5.74) is 1.55. The van der Waals surface area contributed by atoms with Gasteiger partial charge in [-0.25, -0.2) is 0 Å². The van der Waals surface area contributed by atoms with Crippen LogP contribution in [0.3, 0.4) is 0 Å². The van der Waals surface area contributed by atoms with Crippen molar-refractivity contribution in [1.82, 2.24) is 0 Å². The lowest BCUT2D eigenvalue weighted by atomic mass is 9.45. The van der Waals surface area contributed by atoms with Gasteiger partial charge in [0, 0.05) is 0 Å². The average Bonchev–Trinajstić information content (AvgIpc) is 3.19. The Morgan fingerprint density at radius 1 is 0.865 bits per heavy atom. The quantitative estimate of drug-likeness (QED) is 0.265. The molecule has 0 radical (unpaired) electrons. The van der Waals surface area contributed by atoms with Crippen molar-refractivity contribution < 1.29 is 28.6 Å². The van der Waals surface area contributed by atoms with E-state index in [9.17, 15) is 14.4 Å². The van der Waals surface area contributed by atoms with Crippen LogP contribution in [0.4, 0.5) is 0 Å². The van der Waals surface area contributed by atoms with Crippen molar-refractivity contribution in [3.8, 4) is 0 Å². The first-order valence-corrected chi connectivity index (χ1v) is 14.8. The van der Waals surface area contributed by atoms with Crippen molar-refractivity contribution in [3.63, 3.8) is 0 Å². The van der Waals surface area contributed by atoms with E-state index in [1.807, 2.05) is 6.08 Å². The van der Waals surface area contributed by atoms with E-state index in [1.54, 1.807) is 13.8 Å². The van der Waals surface area contributed by atoms with Gasteiger partial charge < -0.3 is 14.2 Å². The van der Waals surface area contributed by atoms with Crippen molar-refractivity contribution in [1.29, 1.82) is 0 Å². The summed E-state index contributed by atoms with van der Waals surface area (Å²) in [5, 5.41) is 0. The van der Waals surface area contributed by atoms with Crippen LogP contribution in [0.1, 0.15) is 85.5 Å². The zero-order valence-corrected chi connectivity index (χ0v) is 23.4. The van der Waals surface area contributed by atoms with Gasteiger partial charge in [-0.2, -0.15) is 0 Å². The van der Waals surface area contributed by atoms with E-state index in [0.717, 1.165) is 24.7 Å². The number of carbonyl (C=O) groups is 3. The molecule has 5 aliphatic rings. The molecule has 0 amide bonds. The number of hydrogen-bond donors (Lipinski definition) is 0. The maximum Gasteiger partial charge on any atom is 0.313 e. The van der Waals surface area contributed by atoms with E-state index < -0.39 is 29.7 Å². The zero-order valence-electron chi connectivity index (χ0n) is 23.4. The predicted octanol–water partition coefficient (Wildman–Crippen LogP) is 5.73. The third-order valence-corrected chi connectivity index (χ3v) is 11.7. The van der Waals surface area contributed by atoms with Gasteiger partial charge in [0.25, 0.3) is 0 Å². The highest BCUT2D eigenvalue weighted by Crippen LogP contribution is 2.70. The molecule has 0 heterocycles. The molecule has 5 aliphatic carbocycles. The van der Waals surface area contributed by atoms with E-state index in [4.69, 9.17) is 14.2 Å². The van der Waals surface area contributed by atoms with E-state index in [1.165, 1.54) is 57.6 Å². The summed E-state index contributed by atoms with van der Waals surface area (Å²) in [6, 6.07) is 0. The Bertz CT molecular complexity index is 955. The Labute approximate surface area is 222 Å². The second-order valence-electron chi connectivity index (χ2n) is 12.9. The summed E-state index contributed by atoms with van der Waals surface area (Å²) in [7, 11) is 1.35. The van der Waals surface area contributed by atoms with E-state index in [0.29, 0.717) is 17.3 Å². The predicted molar refractivity (Wildman–Crippen MR) is 139 cm³/mol. The average molecular weight is 515 g/mol. The lowest BCUT2D eigenvalue weighted by Gasteiger charge is -2.60. The minimum Gasteiger partial charge on any atom is -0.469 e. The van der Waals surface area contributed by atoms with Crippen LogP contribution in [0.25, 0.3) is 0 Å². The molecule has 0 aliphatic heterocycles. The van der Waals surface area contributed by atoms with Crippen LogP contribution >= 0.6 is 0 Å². The molecule has 6 heteroatoms. The second-order valence-corrected chi connectivity index (χ2v) is 12.9. The summed E-state index contributed by atoms with van der Waals surface area (Å²) in [6.07, 6.45) is 13.2. The normalized spacial score (nSPS) is 44.3. The summed E-state index contributed by atoms with van der Waals surface area (Å²) < 4.78 is 16.2. The van der Waals surface area contributed by atoms with Crippen LogP contribution in [-0.4, -0.2) is 38.2 Å². The fourth-order valence-electron chi connectivity index (χ4n) is 10.1. The Morgan fingerprint density at radius 3 is 2.24 bits per heavy atom. The minimum absolute atomic E-state index is 0.0691. The van der Waals surface area contributed by atoms with Gasteiger partial charge in [-0.15, -0.1) is 0 Å². The number of hydrogen-bond acceptors (Lipinski definition) is 6. The van der Waals surface area contributed by atoms with E-state index >= 15 is 0 Å². The third kappa shape index (κ3) is 4.07. The molecular weight excluding hydrogens is 468 g/mol. The van der Waals surface area contributed by atoms with Gasteiger partial charge >= 0.3 is 17.9 Å². The fraction of sp³-hybridized carbons (Fsp3) is 0.839. The second kappa shape index (κ2) is 10.0. The van der Waals surface area contributed by atoms with Gasteiger partial charge in [0.1, 0.15) is 0 Å². The van der Waals surface area contributed by atoms with Gasteiger partial charge in [-0.05, 0) is 99.2 Å². The SMILES string of the molecule is CCOC(=O)[C@H]1[C@H](C(=O)OCC)[C@@H]2C[C@H]3C4CCC5CCCC[C@]5(C)C4CC[C@]3(C)C2=C[C@@H]1C(=O)OC. The molecule has 5 rings (SSSR count). The maximum atomic E-state index is 13.5. The molecule has 0 N–H and O–H groups in total. The smallest absolute Gasteiger partial charge is 0.313 e. The summed E-state index contributed by atoms with van der Waals surface area (Å²) in [6.45, 7) is 8.92. The van der Waals surface area contributed by atoms with Crippen LogP contribution in [0.5, 0.6) is 0 Å². The summed E-state index contributed by atoms with van der Waals surface area (Å²) in [5.74, 6) is -1.26. The molecule has 4 fully saturated rings. The van der Waals surface area contributed by atoms with Crippen LogP contribution < -0.4 is 0 Å². The van der Waals surface area contributed by atoms with Crippen molar-refractivity contribution >= 4 is 17.9 Å². The van der Waals surface area contributed by atoms with Crippen LogP contribution in [0, 0.1) is 58.2 Å². The van der Waals surface area contributed by atoms with Crippen molar-refractivity contribution in [3.05, 3.63) is 11.6 Å². The van der Waals surface area contributed by atoms with Crippen LogP contribution in [-0.2, 0) is 28.6 Å². The molecule has 3 unspecified atom stereocenters. The number of carbonyl (C=O) groups excluding carboxylic acids is 3. The third-order valence-electron chi connectivity index (χ3n) is 11.7. The van der Waals surface area contributed by atoms with E-state index in [-0.39, 0.29) is 30.5 Å². The standard InChI is InChI=1S/C31H46O6/c1-6-36-28(33)25-20-16-23-19-12-11-18-10-8-9-14-30(18,3)22(19)13-15-31(23,4)24(20)17-21(27(32)35-5)26(25)29(34)37-7-2/h17-23,25-26H,6-16H2,1-5H3/t18?,19?,20-,21+,22?,23+,25-,26-,30+,31+/m1/s1. The minimum atomic E-state index is -0.911. The molecule has 206 valence electrons. The highest BCUT2D eigenvalue weighted by atomic mass is 16.5. The lowest BCUT2D eigenvalue weighted by molar-refractivity contribution is -0.169. The highest BCUT2D eigenvalue weighted by molar-refractivity contribution is 5.89. The van der Waals surface area contributed by atoms with Gasteiger partial charge in [0.15, 0.2) is 0 Å². The molecule has 6 nitrogen and oxygen atoms in total. The molecule has 37 heavy (non-hydrogen) atoms. The first-order valence-electron chi connectivity index (χ1n) is 14.8. The maximum absolute atomic E-state index is 13.5. The summed E-state index contributed by atoms with van der Waals surface area (Å²) in [4.78, 5) is 39.9. The van der Waals surface area contributed by atoms with Gasteiger partial charge in [-0.1, -0.05) is 38.3 Å². The zero-order chi connectivity index (χ0) is 26.5.